The number of hydrogen-bond acceptors (Lipinski definition) is 3. The molecule has 0 aromatic heterocycles. The van der Waals surface area contributed by atoms with Crippen LogP contribution in [0.3, 0.4) is 0 Å². The van der Waals surface area contributed by atoms with Gasteiger partial charge in [-0.25, -0.2) is 0 Å². The number of carboxylic acid groups (broad SMARTS) is 1. The molecule has 0 atom stereocenters. The minimum Gasteiger partial charge on any atom is -0.481 e. The van der Waals surface area contributed by atoms with Crippen molar-refractivity contribution < 1.29 is 9.90 Å². The molecule has 5 N–H and O–H groups in total. The molecule has 0 heterocycles. The van der Waals surface area contributed by atoms with Crippen LogP contribution in [0.25, 0.3) is 0 Å². The Kier molecular flexibility index (Phi) is 12.1. The fourth-order valence-corrected chi connectivity index (χ4v) is 0.630. The second-order valence-corrected chi connectivity index (χ2v) is 2.68. The van der Waals surface area contributed by atoms with E-state index in [0.29, 0.717) is 0 Å². The highest BCUT2D eigenvalue weighted by Gasteiger charge is 1.90. The molecule has 0 unspecified atom stereocenters. The van der Waals surface area contributed by atoms with Crippen LogP contribution in [0, 0.1) is 0 Å². The monoisotopic (exact) mass is 176 g/mol. The summed E-state index contributed by atoms with van der Waals surface area (Å²) in [6, 6.07) is 0. The summed E-state index contributed by atoms with van der Waals surface area (Å²) in [7, 11) is 0. The normalized spacial score (nSPS) is 9.08. The molecule has 0 aromatic rings. The van der Waals surface area contributed by atoms with E-state index in [2.05, 4.69) is 6.92 Å². The van der Waals surface area contributed by atoms with Crippen molar-refractivity contribution in [3.63, 3.8) is 0 Å². The number of aliphatic carboxylic acids is 1. The van der Waals surface area contributed by atoms with Crippen LogP contribution < -0.4 is 11.5 Å². The Hall–Kier alpha value is -0.610. The third-order valence-electron chi connectivity index (χ3n) is 1.14. The highest BCUT2D eigenvalue weighted by Crippen LogP contribution is 1.97. The number of rotatable bonds is 4. The maximum atomic E-state index is 9.00. The number of carboxylic acids is 1. The molecular formula is C8H20N2O2. The van der Waals surface area contributed by atoms with Crippen LogP contribution in [0.4, 0.5) is 0 Å². The summed E-state index contributed by atoms with van der Waals surface area (Å²) in [5, 5.41) is 7.42. The first-order chi connectivity index (χ1) is 5.50. The molecule has 0 spiro atoms. The molecule has 0 bridgehead atoms. The van der Waals surface area contributed by atoms with Crippen LogP contribution in [0.5, 0.6) is 0 Å². The van der Waals surface area contributed by atoms with Crippen LogP contribution in [0.2, 0.25) is 0 Å². The number of nitrogens with two attached hydrogens (primary N) is 2. The van der Waals surface area contributed by atoms with Gasteiger partial charge in [-0.15, -0.1) is 0 Å². The van der Waals surface area contributed by atoms with Crippen molar-refractivity contribution in [2.45, 2.75) is 45.7 Å². The molecule has 0 saturated heterocycles. The first-order valence-electron chi connectivity index (χ1n) is 4.21. The molecule has 0 aliphatic rings. The minimum atomic E-state index is -0.833. The van der Waals surface area contributed by atoms with Gasteiger partial charge in [0.15, 0.2) is 0 Å². The molecule has 0 aromatic carbocycles. The van der Waals surface area contributed by atoms with Gasteiger partial charge in [0.25, 0.3) is 5.97 Å². The standard InChI is InChI=1S/C6H16N2.C2H4O2/c1-2-3-4-5-6(7)8;1-2(3)4/h6H,2-5,7-8H2,1H3;1H3,(H,3,4). The predicted molar refractivity (Wildman–Crippen MR) is 49.6 cm³/mol. The van der Waals surface area contributed by atoms with Gasteiger partial charge in [0.05, 0.1) is 6.17 Å². The number of unbranched alkanes of at least 4 members (excludes halogenated alkanes) is 2. The minimum absolute atomic E-state index is 0.0958. The Morgan fingerprint density at radius 2 is 1.83 bits per heavy atom. The molecule has 4 heteroatoms. The van der Waals surface area contributed by atoms with Crippen molar-refractivity contribution in [1.29, 1.82) is 0 Å². The van der Waals surface area contributed by atoms with E-state index in [9.17, 15) is 0 Å². The Morgan fingerprint density at radius 3 is 2.08 bits per heavy atom. The predicted octanol–water partition coefficient (Wildman–Crippen LogP) is 0.901. The van der Waals surface area contributed by atoms with Crippen LogP contribution in [0.1, 0.15) is 39.5 Å². The van der Waals surface area contributed by atoms with E-state index in [-0.39, 0.29) is 6.17 Å². The number of hydrogen-bond donors (Lipinski definition) is 3. The Bertz CT molecular complexity index is 101. The molecule has 0 aliphatic carbocycles. The quantitative estimate of drug-likeness (QED) is 0.438. The summed E-state index contributed by atoms with van der Waals surface area (Å²) in [5.41, 5.74) is 10.6. The van der Waals surface area contributed by atoms with Gasteiger partial charge in [0, 0.05) is 6.92 Å². The largest absolute Gasteiger partial charge is 0.481 e. The molecule has 0 aliphatic heterocycles. The molecule has 0 amide bonds. The van der Waals surface area contributed by atoms with Crippen LogP contribution in [-0.2, 0) is 4.79 Å². The van der Waals surface area contributed by atoms with Gasteiger partial charge in [-0.3, -0.25) is 4.79 Å². The van der Waals surface area contributed by atoms with Crippen molar-refractivity contribution in [2.24, 2.45) is 11.5 Å². The van der Waals surface area contributed by atoms with Crippen molar-refractivity contribution in [3.05, 3.63) is 0 Å². The zero-order chi connectivity index (χ0) is 9.98. The lowest BCUT2D eigenvalue weighted by Crippen LogP contribution is -2.29. The topological polar surface area (TPSA) is 89.3 Å². The third kappa shape index (κ3) is 34.3. The summed E-state index contributed by atoms with van der Waals surface area (Å²) in [5.74, 6) is -0.833. The van der Waals surface area contributed by atoms with Gasteiger partial charge in [-0.2, -0.15) is 0 Å². The molecule has 4 nitrogen and oxygen atoms in total. The Labute approximate surface area is 73.9 Å². The lowest BCUT2D eigenvalue weighted by Gasteiger charge is -2.01. The van der Waals surface area contributed by atoms with Gasteiger partial charge in [-0.1, -0.05) is 26.2 Å². The van der Waals surface area contributed by atoms with Crippen LogP contribution in [-0.4, -0.2) is 17.2 Å². The highest BCUT2D eigenvalue weighted by atomic mass is 16.4. The molecule has 0 saturated carbocycles. The molecular weight excluding hydrogens is 156 g/mol. The van der Waals surface area contributed by atoms with Crippen molar-refractivity contribution >= 4 is 5.97 Å². The summed E-state index contributed by atoms with van der Waals surface area (Å²) in [6.45, 7) is 3.25. The first kappa shape index (κ1) is 13.9. The third-order valence-corrected chi connectivity index (χ3v) is 1.14. The average molecular weight is 176 g/mol. The highest BCUT2D eigenvalue weighted by molar-refractivity contribution is 5.62. The SMILES string of the molecule is CC(=O)O.CCCCCC(N)N. The lowest BCUT2D eigenvalue weighted by molar-refractivity contribution is -0.134. The van der Waals surface area contributed by atoms with E-state index < -0.39 is 5.97 Å². The maximum Gasteiger partial charge on any atom is 0.300 e. The Balaban J connectivity index is 0. The second-order valence-electron chi connectivity index (χ2n) is 2.68. The molecule has 74 valence electrons. The van der Waals surface area contributed by atoms with E-state index in [1.807, 2.05) is 0 Å². The second kappa shape index (κ2) is 10.4. The van der Waals surface area contributed by atoms with Crippen LogP contribution >= 0.6 is 0 Å². The lowest BCUT2D eigenvalue weighted by atomic mass is 10.2. The van der Waals surface area contributed by atoms with E-state index in [0.717, 1.165) is 13.3 Å². The van der Waals surface area contributed by atoms with Gasteiger partial charge in [-0.05, 0) is 6.42 Å². The fourth-order valence-electron chi connectivity index (χ4n) is 0.630. The van der Waals surface area contributed by atoms with Crippen molar-refractivity contribution in [2.75, 3.05) is 0 Å². The Morgan fingerprint density at radius 1 is 1.42 bits per heavy atom. The summed E-state index contributed by atoms with van der Waals surface area (Å²) < 4.78 is 0. The van der Waals surface area contributed by atoms with Crippen molar-refractivity contribution in [3.8, 4) is 0 Å². The molecule has 0 rings (SSSR count). The zero-order valence-electron chi connectivity index (χ0n) is 7.92. The fraction of sp³-hybridized carbons (Fsp3) is 0.875. The van der Waals surface area contributed by atoms with Gasteiger partial charge >= 0.3 is 0 Å². The number of carbonyl (C=O) groups is 1. The molecule has 0 fully saturated rings. The van der Waals surface area contributed by atoms with E-state index in [1.165, 1.54) is 19.3 Å². The molecule has 0 radical (unpaired) electrons. The average Bonchev–Trinajstić information content (AvgIpc) is 1.86. The molecule has 12 heavy (non-hydrogen) atoms. The zero-order valence-corrected chi connectivity index (χ0v) is 7.92. The van der Waals surface area contributed by atoms with E-state index in [1.54, 1.807) is 0 Å². The maximum absolute atomic E-state index is 9.00. The van der Waals surface area contributed by atoms with Gasteiger partial charge < -0.3 is 16.6 Å². The van der Waals surface area contributed by atoms with Gasteiger partial charge in [0.1, 0.15) is 0 Å². The summed E-state index contributed by atoms with van der Waals surface area (Å²) in [4.78, 5) is 9.00. The smallest absolute Gasteiger partial charge is 0.300 e. The first-order valence-corrected chi connectivity index (χ1v) is 4.21. The van der Waals surface area contributed by atoms with Crippen LogP contribution in [0.15, 0.2) is 0 Å². The van der Waals surface area contributed by atoms with E-state index >= 15 is 0 Å². The van der Waals surface area contributed by atoms with Crippen molar-refractivity contribution in [1.82, 2.24) is 0 Å². The van der Waals surface area contributed by atoms with Gasteiger partial charge in [0.2, 0.25) is 0 Å². The summed E-state index contributed by atoms with van der Waals surface area (Å²) >= 11 is 0. The summed E-state index contributed by atoms with van der Waals surface area (Å²) in [6.07, 6.45) is 4.54. The van der Waals surface area contributed by atoms with E-state index in [4.69, 9.17) is 21.4 Å².